The van der Waals surface area contributed by atoms with Gasteiger partial charge in [-0.25, -0.2) is 9.37 Å². The molecule has 5 rings (SSSR count). The van der Waals surface area contributed by atoms with Gasteiger partial charge in [0.05, 0.1) is 23.5 Å². The molecule has 4 aromatic rings. The highest BCUT2D eigenvalue weighted by atomic mass is 19.1. The minimum absolute atomic E-state index is 0.00364. The summed E-state index contributed by atoms with van der Waals surface area (Å²) < 4.78 is 13.2. The van der Waals surface area contributed by atoms with E-state index in [0.717, 1.165) is 22.6 Å². The summed E-state index contributed by atoms with van der Waals surface area (Å²) in [6, 6.07) is 18.4. The molecule has 8 heteroatoms. The Hall–Kier alpha value is -4.30. The quantitative estimate of drug-likeness (QED) is 0.366. The lowest BCUT2D eigenvalue weighted by Crippen LogP contribution is -2.29. The molecule has 0 saturated heterocycles. The van der Waals surface area contributed by atoms with E-state index in [4.69, 9.17) is 0 Å². The summed E-state index contributed by atoms with van der Waals surface area (Å²) in [6.07, 6.45) is 1.59. The Labute approximate surface area is 189 Å². The van der Waals surface area contributed by atoms with Gasteiger partial charge in [0, 0.05) is 35.2 Å². The molecule has 4 N–H and O–H groups in total. The second kappa shape index (κ2) is 8.68. The number of aromatic amines is 1. The molecule has 3 heterocycles. The van der Waals surface area contributed by atoms with E-state index in [1.807, 2.05) is 30.3 Å². The number of anilines is 3. The van der Waals surface area contributed by atoms with Crippen molar-refractivity contribution in [2.24, 2.45) is 0 Å². The van der Waals surface area contributed by atoms with Gasteiger partial charge in [0.15, 0.2) is 5.78 Å². The molecule has 0 fully saturated rings. The molecule has 2 aromatic heterocycles. The van der Waals surface area contributed by atoms with Crippen molar-refractivity contribution in [1.29, 1.82) is 0 Å². The highest BCUT2D eigenvalue weighted by molar-refractivity contribution is 6.08. The minimum atomic E-state index is -0.412. The van der Waals surface area contributed by atoms with Crippen molar-refractivity contribution in [3.63, 3.8) is 0 Å². The predicted octanol–water partition coefficient (Wildman–Crippen LogP) is 4.50. The van der Waals surface area contributed by atoms with Gasteiger partial charge < -0.3 is 20.9 Å². The van der Waals surface area contributed by atoms with Crippen LogP contribution in [0.5, 0.6) is 0 Å². The summed E-state index contributed by atoms with van der Waals surface area (Å²) in [5, 5.41) is 9.22. The smallest absolute Gasteiger partial charge is 0.256 e. The van der Waals surface area contributed by atoms with Gasteiger partial charge in [0.1, 0.15) is 11.6 Å². The first kappa shape index (κ1) is 20.6. The van der Waals surface area contributed by atoms with Crippen molar-refractivity contribution in [2.75, 3.05) is 17.2 Å². The van der Waals surface area contributed by atoms with Gasteiger partial charge in [-0.1, -0.05) is 18.2 Å². The molecule has 2 aromatic carbocycles. The maximum Gasteiger partial charge on any atom is 0.256 e. The Morgan fingerprint density at radius 2 is 1.79 bits per heavy atom. The van der Waals surface area contributed by atoms with Crippen molar-refractivity contribution >= 4 is 28.9 Å². The van der Waals surface area contributed by atoms with Gasteiger partial charge in [-0.2, -0.15) is 0 Å². The number of amides is 1. The van der Waals surface area contributed by atoms with Gasteiger partial charge in [0.25, 0.3) is 5.91 Å². The molecule has 0 radical (unpaired) electrons. The zero-order chi connectivity index (χ0) is 22.8. The van der Waals surface area contributed by atoms with Gasteiger partial charge in [-0.3, -0.25) is 9.59 Å². The van der Waals surface area contributed by atoms with Crippen LogP contribution < -0.4 is 16.0 Å². The highest BCUT2D eigenvalue weighted by Gasteiger charge is 2.27. The molecular formula is C25H20FN5O2. The fraction of sp³-hybridized carbons (Fsp3) is 0.0800. The van der Waals surface area contributed by atoms with Gasteiger partial charge in [-0.15, -0.1) is 0 Å². The van der Waals surface area contributed by atoms with Crippen LogP contribution in [0.15, 0.2) is 72.9 Å². The van der Waals surface area contributed by atoms with Crippen LogP contribution in [0.3, 0.4) is 0 Å². The number of Topliss-reactive ketones (excluding diaryl/α,β-unsaturated/α-hetero) is 1. The lowest BCUT2D eigenvalue weighted by atomic mass is 10.0. The van der Waals surface area contributed by atoms with Crippen molar-refractivity contribution in [3.05, 3.63) is 95.6 Å². The SMILES string of the molecule is O=C(Nc1cc(-c2[nH]c3c(c2Nc2ccccc2)C(=O)CNC3)ccn1)c1ccc(F)cc1. The maximum atomic E-state index is 13.2. The largest absolute Gasteiger partial charge is 0.355 e. The molecule has 1 amide bonds. The minimum Gasteiger partial charge on any atom is -0.355 e. The average Bonchev–Trinajstić information content (AvgIpc) is 3.20. The highest BCUT2D eigenvalue weighted by Crippen LogP contribution is 2.37. The summed E-state index contributed by atoms with van der Waals surface area (Å²) in [5.74, 6) is -0.474. The summed E-state index contributed by atoms with van der Waals surface area (Å²) in [6.45, 7) is 0.812. The first-order valence-corrected chi connectivity index (χ1v) is 10.4. The van der Waals surface area contributed by atoms with Crippen molar-refractivity contribution in [1.82, 2.24) is 15.3 Å². The van der Waals surface area contributed by atoms with Crippen LogP contribution in [0.25, 0.3) is 11.3 Å². The zero-order valence-corrected chi connectivity index (χ0v) is 17.5. The first-order valence-electron chi connectivity index (χ1n) is 10.4. The number of pyridine rings is 1. The van der Waals surface area contributed by atoms with Crippen LogP contribution in [0, 0.1) is 5.82 Å². The Morgan fingerprint density at radius 1 is 1.00 bits per heavy atom. The van der Waals surface area contributed by atoms with Gasteiger partial charge in [-0.05, 0) is 48.5 Å². The third-order valence-corrected chi connectivity index (χ3v) is 5.38. The summed E-state index contributed by atoms with van der Waals surface area (Å²) in [7, 11) is 0. The second-order valence-electron chi connectivity index (χ2n) is 7.64. The van der Waals surface area contributed by atoms with Crippen LogP contribution in [-0.4, -0.2) is 28.2 Å². The molecule has 1 aliphatic heterocycles. The lowest BCUT2D eigenvalue weighted by molar-refractivity contribution is 0.0981. The number of fused-ring (bicyclic) bond motifs is 1. The second-order valence-corrected chi connectivity index (χ2v) is 7.64. The summed E-state index contributed by atoms with van der Waals surface area (Å²) in [5.41, 5.74) is 4.76. The third kappa shape index (κ3) is 4.24. The molecule has 0 aliphatic carbocycles. The average molecular weight is 441 g/mol. The van der Waals surface area contributed by atoms with Crippen LogP contribution in [-0.2, 0) is 6.54 Å². The Balaban J connectivity index is 1.51. The van der Waals surface area contributed by atoms with Crippen LogP contribution in [0.4, 0.5) is 21.6 Å². The normalized spacial score (nSPS) is 12.8. The number of H-pyrrole nitrogens is 1. The van der Waals surface area contributed by atoms with E-state index >= 15 is 0 Å². The molecular weight excluding hydrogens is 421 g/mol. The number of ketones is 1. The van der Waals surface area contributed by atoms with E-state index in [1.165, 1.54) is 24.3 Å². The summed E-state index contributed by atoms with van der Waals surface area (Å²) >= 11 is 0. The van der Waals surface area contributed by atoms with Gasteiger partial charge >= 0.3 is 0 Å². The topological polar surface area (TPSA) is 98.9 Å². The molecule has 164 valence electrons. The monoisotopic (exact) mass is 441 g/mol. The Kier molecular flexibility index (Phi) is 5.42. The summed E-state index contributed by atoms with van der Waals surface area (Å²) in [4.78, 5) is 32.9. The third-order valence-electron chi connectivity index (χ3n) is 5.38. The van der Waals surface area contributed by atoms with Gasteiger partial charge in [0.2, 0.25) is 0 Å². The number of rotatable bonds is 5. The number of hydrogen-bond acceptors (Lipinski definition) is 5. The van der Waals surface area contributed by atoms with Crippen LogP contribution >= 0.6 is 0 Å². The fourth-order valence-corrected chi connectivity index (χ4v) is 3.83. The first-order chi connectivity index (χ1) is 16.1. The van der Waals surface area contributed by atoms with E-state index in [2.05, 4.69) is 25.9 Å². The fourth-order valence-electron chi connectivity index (χ4n) is 3.83. The maximum absolute atomic E-state index is 13.2. The molecule has 7 nitrogen and oxygen atoms in total. The lowest BCUT2D eigenvalue weighted by Gasteiger charge is -2.14. The van der Waals surface area contributed by atoms with Crippen molar-refractivity contribution < 1.29 is 14.0 Å². The Bertz CT molecular complexity index is 1330. The number of nitrogens with one attached hydrogen (secondary N) is 4. The molecule has 33 heavy (non-hydrogen) atoms. The Morgan fingerprint density at radius 3 is 2.58 bits per heavy atom. The molecule has 0 saturated carbocycles. The zero-order valence-electron chi connectivity index (χ0n) is 17.5. The van der Waals surface area contributed by atoms with E-state index in [1.54, 1.807) is 18.3 Å². The van der Waals surface area contributed by atoms with Crippen molar-refractivity contribution in [3.8, 4) is 11.3 Å². The molecule has 0 unspecified atom stereocenters. The number of aromatic nitrogens is 2. The number of para-hydroxylation sites is 1. The molecule has 1 aliphatic rings. The molecule has 0 spiro atoms. The van der Waals surface area contributed by atoms with Crippen molar-refractivity contribution in [2.45, 2.75) is 6.54 Å². The number of hydrogen-bond donors (Lipinski definition) is 4. The number of carbonyl (C=O) groups excluding carboxylic acids is 2. The van der Waals surface area contributed by atoms with Crippen LogP contribution in [0.1, 0.15) is 26.4 Å². The molecule has 0 bridgehead atoms. The van der Waals surface area contributed by atoms with E-state index in [0.29, 0.717) is 29.2 Å². The number of halogens is 1. The van der Waals surface area contributed by atoms with E-state index < -0.39 is 11.7 Å². The number of nitrogens with zero attached hydrogens (tertiary/aromatic N) is 1. The predicted molar refractivity (Wildman–Crippen MR) is 124 cm³/mol. The van der Waals surface area contributed by atoms with E-state index in [9.17, 15) is 14.0 Å². The van der Waals surface area contributed by atoms with Crippen LogP contribution in [0.2, 0.25) is 0 Å². The number of carbonyl (C=O) groups is 2. The molecule has 0 atom stereocenters. The standard InChI is InChI=1S/C25H20FN5O2/c26-17-8-6-15(7-9-17)25(33)31-21-12-16(10-11-28-21)23-24(29-18-4-2-1-3-5-18)22-19(30-23)13-27-14-20(22)32/h1-12,27,29-30H,13-14H2,(H,28,31,33). The van der Waals surface area contributed by atoms with E-state index in [-0.39, 0.29) is 12.3 Å². The number of benzene rings is 2.